The molecule has 0 atom stereocenters. The van der Waals surface area contributed by atoms with Crippen molar-refractivity contribution in [2.45, 2.75) is 18.7 Å². The largest absolute Gasteiger partial charge is 0.493 e. The van der Waals surface area contributed by atoms with Gasteiger partial charge in [0.2, 0.25) is 0 Å². The van der Waals surface area contributed by atoms with E-state index in [1.165, 1.54) is 32.4 Å². The molecule has 3 aromatic rings. The van der Waals surface area contributed by atoms with E-state index in [0.717, 1.165) is 28.1 Å². The number of nitrogens with zero attached hydrogens (tertiary/aromatic N) is 2. The maximum Gasteiger partial charge on any atom is 0.349 e. The molecule has 2 aromatic carbocycles. The van der Waals surface area contributed by atoms with Gasteiger partial charge in [-0.1, -0.05) is 12.1 Å². The lowest BCUT2D eigenvalue weighted by molar-refractivity contribution is 0.0952. The van der Waals surface area contributed by atoms with Gasteiger partial charge in [0.15, 0.2) is 11.5 Å². The molecule has 0 saturated heterocycles. The Kier molecular flexibility index (Phi) is 5.34. The van der Waals surface area contributed by atoms with Crippen molar-refractivity contribution < 1.29 is 22.7 Å². The second kappa shape index (κ2) is 7.59. The predicted molar refractivity (Wildman–Crippen MR) is 106 cm³/mol. The number of carbonyl (C=O) groups is 1. The number of aromatic nitrogens is 2. The van der Waals surface area contributed by atoms with Crippen LogP contribution in [0.4, 0.5) is 0 Å². The summed E-state index contributed by atoms with van der Waals surface area (Å²) in [5.41, 5.74) is 0.762. The third-order valence-electron chi connectivity index (χ3n) is 4.63. The first kappa shape index (κ1) is 20.4. The van der Waals surface area contributed by atoms with Gasteiger partial charge < -0.3 is 9.47 Å². The van der Waals surface area contributed by atoms with E-state index in [4.69, 9.17) is 9.47 Å². The van der Waals surface area contributed by atoms with Gasteiger partial charge in [0.05, 0.1) is 24.7 Å². The zero-order valence-corrected chi connectivity index (χ0v) is 17.2. The van der Waals surface area contributed by atoms with E-state index in [1.54, 1.807) is 25.1 Å². The Bertz CT molecular complexity index is 1250. The first-order valence-electron chi connectivity index (χ1n) is 8.61. The lowest BCUT2D eigenvalue weighted by Gasteiger charge is -2.11. The summed E-state index contributed by atoms with van der Waals surface area (Å²) < 4.78 is 37.5. The molecule has 0 unspecified atom stereocenters. The van der Waals surface area contributed by atoms with Gasteiger partial charge in [0.1, 0.15) is 0 Å². The van der Waals surface area contributed by atoms with Crippen LogP contribution in [-0.4, -0.2) is 37.1 Å². The van der Waals surface area contributed by atoms with Gasteiger partial charge in [-0.05, 0) is 49.2 Å². The highest BCUT2D eigenvalue weighted by atomic mass is 32.2. The Morgan fingerprint density at radius 1 is 0.966 bits per heavy atom. The van der Waals surface area contributed by atoms with Gasteiger partial charge in [-0.25, -0.2) is 17.8 Å². The number of aryl methyl sites for hydroxylation is 2. The molecule has 0 amide bonds. The first-order valence-corrected chi connectivity index (χ1v) is 10.0. The highest BCUT2D eigenvalue weighted by Crippen LogP contribution is 2.31. The summed E-state index contributed by atoms with van der Waals surface area (Å²) in [5.74, 6) is -0.273. The Labute approximate surface area is 168 Å². The average molecular weight is 416 g/mol. The van der Waals surface area contributed by atoms with Crippen LogP contribution in [-0.2, 0) is 10.0 Å². The van der Waals surface area contributed by atoms with Crippen molar-refractivity contribution in [1.82, 2.24) is 8.54 Å². The summed E-state index contributed by atoms with van der Waals surface area (Å²) in [6.07, 6.45) is 2.17. The van der Waals surface area contributed by atoms with Crippen molar-refractivity contribution in [2.24, 2.45) is 0 Å². The van der Waals surface area contributed by atoms with Crippen molar-refractivity contribution in [2.75, 3.05) is 14.2 Å². The molecule has 9 heteroatoms. The van der Waals surface area contributed by atoms with E-state index in [2.05, 4.69) is 0 Å². The van der Waals surface area contributed by atoms with Crippen molar-refractivity contribution in [3.05, 3.63) is 76.0 Å². The number of ether oxygens (including phenoxy) is 2. The fourth-order valence-corrected chi connectivity index (χ4v) is 4.17. The maximum absolute atomic E-state index is 12.9. The third kappa shape index (κ3) is 3.44. The van der Waals surface area contributed by atoms with E-state index >= 15 is 0 Å². The maximum atomic E-state index is 12.9. The van der Waals surface area contributed by atoms with Gasteiger partial charge in [-0.15, -0.1) is 0 Å². The molecule has 0 radical (unpaired) electrons. The van der Waals surface area contributed by atoms with Crippen LogP contribution in [0.2, 0.25) is 0 Å². The summed E-state index contributed by atoms with van der Waals surface area (Å²) in [4.78, 5) is 25.6. The Morgan fingerprint density at radius 2 is 1.69 bits per heavy atom. The predicted octanol–water partition coefficient (Wildman–Crippen LogP) is 2.21. The summed E-state index contributed by atoms with van der Waals surface area (Å²) in [6.45, 7) is 3.63. The third-order valence-corrected chi connectivity index (χ3v) is 6.28. The van der Waals surface area contributed by atoms with Crippen molar-refractivity contribution in [3.63, 3.8) is 0 Å². The van der Waals surface area contributed by atoms with E-state index in [0.29, 0.717) is 9.72 Å². The lowest BCUT2D eigenvalue weighted by atomic mass is 10.1. The van der Waals surface area contributed by atoms with Crippen LogP contribution >= 0.6 is 0 Å². The van der Waals surface area contributed by atoms with Crippen LogP contribution in [0.25, 0.3) is 0 Å². The smallest absolute Gasteiger partial charge is 0.349 e. The number of para-hydroxylation sites is 1. The van der Waals surface area contributed by atoms with Gasteiger partial charge >= 0.3 is 5.69 Å². The molecule has 0 aliphatic rings. The Hall–Kier alpha value is -3.33. The van der Waals surface area contributed by atoms with Crippen molar-refractivity contribution in [1.29, 1.82) is 0 Å². The zero-order chi connectivity index (χ0) is 21.3. The van der Waals surface area contributed by atoms with Crippen LogP contribution < -0.4 is 15.2 Å². The number of imidazole rings is 1. The summed E-state index contributed by atoms with van der Waals surface area (Å²) in [6, 6.07) is 9.22. The highest BCUT2D eigenvalue weighted by molar-refractivity contribution is 7.90. The molecule has 0 N–H and O–H groups in total. The molecule has 0 aliphatic carbocycles. The molecule has 0 saturated carbocycles. The van der Waals surface area contributed by atoms with E-state index in [1.807, 2.05) is 6.92 Å². The minimum Gasteiger partial charge on any atom is -0.493 e. The van der Waals surface area contributed by atoms with Crippen LogP contribution in [0.1, 0.15) is 21.5 Å². The minimum atomic E-state index is -4.16. The summed E-state index contributed by atoms with van der Waals surface area (Å²) in [5, 5.41) is 0. The molecule has 0 spiro atoms. The molecular formula is C20H20N2O6S. The number of benzene rings is 2. The van der Waals surface area contributed by atoms with Crippen LogP contribution in [0.15, 0.2) is 58.5 Å². The minimum absolute atomic E-state index is 0.0353. The number of hydrogen-bond donors (Lipinski definition) is 0. The van der Waals surface area contributed by atoms with E-state index < -0.39 is 21.6 Å². The fraction of sp³-hybridized carbons (Fsp3) is 0.200. The molecule has 152 valence electrons. The second-order valence-corrected chi connectivity index (χ2v) is 8.16. The fourth-order valence-electron chi connectivity index (χ4n) is 2.87. The Balaban J connectivity index is 2.10. The topological polar surface area (TPSA) is 96.6 Å². The SMILES string of the molecule is COc1cccc(C(=O)n2ccn(S(=O)(=O)c3ccc(C)c(C)c3)c2=O)c1OC. The molecule has 29 heavy (non-hydrogen) atoms. The van der Waals surface area contributed by atoms with Crippen molar-refractivity contribution >= 4 is 15.9 Å². The standard InChI is InChI=1S/C20H20N2O6S/c1-13-8-9-15(12-14(13)2)29(25,26)22-11-10-21(20(22)24)19(23)16-6-5-7-17(27-3)18(16)28-4/h5-12H,1-4H3. The van der Waals surface area contributed by atoms with Crippen molar-refractivity contribution in [3.8, 4) is 11.5 Å². The van der Waals surface area contributed by atoms with E-state index in [9.17, 15) is 18.0 Å². The van der Waals surface area contributed by atoms with Crippen LogP contribution in [0, 0.1) is 13.8 Å². The molecular weight excluding hydrogens is 396 g/mol. The molecule has 3 rings (SSSR count). The lowest BCUT2D eigenvalue weighted by Crippen LogP contribution is -2.32. The molecule has 0 fully saturated rings. The molecule has 0 aliphatic heterocycles. The molecule has 1 aromatic heterocycles. The Morgan fingerprint density at radius 3 is 2.31 bits per heavy atom. The summed E-state index contributed by atoms with van der Waals surface area (Å²) >= 11 is 0. The second-order valence-electron chi connectivity index (χ2n) is 6.34. The number of rotatable bonds is 5. The van der Waals surface area contributed by atoms with Gasteiger partial charge in [-0.2, -0.15) is 3.97 Å². The van der Waals surface area contributed by atoms with Gasteiger partial charge in [-0.3, -0.25) is 4.79 Å². The molecule has 1 heterocycles. The normalized spacial score (nSPS) is 11.3. The number of hydrogen-bond acceptors (Lipinski definition) is 6. The van der Waals surface area contributed by atoms with Crippen LogP contribution in [0.5, 0.6) is 11.5 Å². The van der Waals surface area contributed by atoms with Gasteiger partial charge in [0, 0.05) is 12.4 Å². The number of carbonyl (C=O) groups excluding carboxylic acids is 1. The van der Waals surface area contributed by atoms with Gasteiger partial charge in [0.25, 0.3) is 15.9 Å². The summed E-state index contributed by atoms with van der Waals surface area (Å²) in [7, 11) is -1.37. The number of methoxy groups -OCH3 is 2. The monoisotopic (exact) mass is 416 g/mol. The molecule has 8 nitrogen and oxygen atoms in total. The highest BCUT2D eigenvalue weighted by Gasteiger charge is 2.25. The zero-order valence-electron chi connectivity index (χ0n) is 16.4. The first-order chi connectivity index (χ1) is 13.7. The van der Waals surface area contributed by atoms with E-state index in [-0.39, 0.29) is 16.2 Å². The van der Waals surface area contributed by atoms with Crippen LogP contribution in [0.3, 0.4) is 0 Å². The molecule has 0 bridgehead atoms. The average Bonchev–Trinajstić information content (AvgIpc) is 3.10. The quantitative estimate of drug-likeness (QED) is 0.633.